The van der Waals surface area contributed by atoms with Crippen LogP contribution in [0.1, 0.15) is 16.7 Å². The predicted octanol–water partition coefficient (Wildman–Crippen LogP) is 6.30. The molecule has 0 fully saturated rings. The molecule has 4 aromatic rings. The van der Waals surface area contributed by atoms with Gasteiger partial charge >= 0.3 is 0 Å². The van der Waals surface area contributed by atoms with E-state index >= 15 is 0 Å². The number of rotatable bonds is 3. The number of thioether (sulfide) groups is 1. The van der Waals surface area contributed by atoms with Crippen molar-refractivity contribution in [1.29, 1.82) is 0 Å². The Labute approximate surface area is 146 Å². The summed E-state index contributed by atoms with van der Waals surface area (Å²) in [6, 6.07) is 23.7. The molecule has 1 aromatic heterocycles. The van der Waals surface area contributed by atoms with E-state index in [0.29, 0.717) is 0 Å². The second-order valence-electron chi connectivity index (χ2n) is 6.18. The van der Waals surface area contributed by atoms with Crippen LogP contribution in [0.25, 0.3) is 21.7 Å². The van der Waals surface area contributed by atoms with E-state index < -0.39 is 0 Å². The third-order valence-corrected chi connectivity index (χ3v) is 5.44. The van der Waals surface area contributed by atoms with Gasteiger partial charge in [0.1, 0.15) is 0 Å². The zero-order chi connectivity index (χ0) is 16.5. The average Bonchev–Trinajstić information content (AvgIpc) is 2.61. The van der Waals surface area contributed by atoms with Gasteiger partial charge in [0.15, 0.2) is 0 Å². The maximum absolute atomic E-state index is 4.89. The van der Waals surface area contributed by atoms with Crippen molar-refractivity contribution in [2.75, 3.05) is 0 Å². The standard InChI is InChI=1S/C22H19NS/c1-15-7-5-12-19-16(2)13-21(23-22(15)19)24-14-18-10-6-9-17-8-3-4-11-20(17)18/h3-13H,14H2,1-2H3. The Hall–Kier alpha value is -2.32. The Bertz CT molecular complexity index is 1030. The molecule has 24 heavy (non-hydrogen) atoms. The Morgan fingerprint density at radius 1 is 0.792 bits per heavy atom. The number of aryl methyl sites for hydroxylation is 2. The molecule has 0 atom stereocenters. The molecule has 0 aliphatic heterocycles. The van der Waals surface area contributed by atoms with Gasteiger partial charge in [0.05, 0.1) is 10.5 Å². The summed E-state index contributed by atoms with van der Waals surface area (Å²) < 4.78 is 0. The van der Waals surface area contributed by atoms with E-state index in [-0.39, 0.29) is 0 Å². The highest BCUT2D eigenvalue weighted by atomic mass is 32.2. The number of para-hydroxylation sites is 1. The van der Waals surface area contributed by atoms with Crippen LogP contribution in [-0.4, -0.2) is 4.98 Å². The van der Waals surface area contributed by atoms with Gasteiger partial charge in [-0.3, -0.25) is 0 Å². The summed E-state index contributed by atoms with van der Waals surface area (Å²) in [5.41, 5.74) is 5.02. The lowest BCUT2D eigenvalue weighted by molar-refractivity contribution is 1.16. The monoisotopic (exact) mass is 329 g/mol. The van der Waals surface area contributed by atoms with Gasteiger partial charge in [-0.25, -0.2) is 4.98 Å². The second-order valence-corrected chi connectivity index (χ2v) is 7.17. The molecule has 3 aromatic carbocycles. The molecule has 0 aliphatic rings. The van der Waals surface area contributed by atoms with Crippen molar-refractivity contribution in [2.24, 2.45) is 0 Å². The number of hydrogen-bond donors (Lipinski definition) is 0. The average molecular weight is 329 g/mol. The molecular formula is C22H19NS. The first-order chi connectivity index (χ1) is 11.7. The molecule has 0 bridgehead atoms. The second kappa shape index (κ2) is 6.29. The molecule has 1 nitrogen and oxygen atoms in total. The number of aromatic nitrogens is 1. The molecule has 0 unspecified atom stereocenters. The van der Waals surface area contributed by atoms with Crippen molar-refractivity contribution in [3.63, 3.8) is 0 Å². The summed E-state index contributed by atoms with van der Waals surface area (Å²) in [6.07, 6.45) is 0. The van der Waals surface area contributed by atoms with Crippen molar-refractivity contribution in [1.82, 2.24) is 4.98 Å². The topological polar surface area (TPSA) is 12.9 Å². The number of benzene rings is 3. The van der Waals surface area contributed by atoms with E-state index in [0.717, 1.165) is 16.3 Å². The van der Waals surface area contributed by atoms with E-state index in [1.54, 1.807) is 0 Å². The smallest absolute Gasteiger partial charge is 0.0973 e. The molecule has 0 N–H and O–H groups in total. The summed E-state index contributed by atoms with van der Waals surface area (Å²) in [4.78, 5) is 4.89. The van der Waals surface area contributed by atoms with Crippen LogP contribution in [0.5, 0.6) is 0 Å². The Balaban J connectivity index is 1.68. The van der Waals surface area contributed by atoms with E-state index in [1.165, 1.54) is 32.8 Å². The van der Waals surface area contributed by atoms with Gasteiger partial charge in [-0.05, 0) is 47.4 Å². The number of hydrogen-bond acceptors (Lipinski definition) is 2. The van der Waals surface area contributed by atoms with Gasteiger partial charge in [0.25, 0.3) is 0 Å². The van der Waals surface area contributed by atoms with E-state index in [1.807, 2.05) is 11.8 Å². The van der Waals surface area contributed by atoms with Gasteiger partial charge in [-0.15, -0.1) is 11.8 Å². The number of fused-ring (bicyclic) bond motifs is 2. The van der Waals surface area contributed by atoms with Gasteiger partial charge in [-0.1, -0.05) is 60.7 Å². The lowest BCUT2D eigenvalue weighted by atomic mass is 10.1. The van der Waals surface area contributed by atoms with E-state index in [9.17, 15) is 0 Å². The van der Waals surface area contributed by atoms with Gasteiger partial charge in [0.2, 0.25) is 0 Å². The molecule has 0 amide bonds. The maximum Gasteiger partial charge on any atom is 0.0973 e. The third-order valence-electron chi connectivity index (χ3n) is 4.48. The minimum atomic E-state index is 0.936. The summed E-state index contributed by atoms with van der Waals surface area (Å²) in [5.74, 6) is 0.936. The van der Waals surface area contributed by atoms with Crippen LogP contribution in [0.2, 0.25) is 0 Å². The minimum absolute atomic E-state index is 0.936. The molecule has 118 valence electrons. The molecule has 4 rings (SSSR count). The maximum atomic E-state index is 4.89. The number of nitrogens with zero attached hydrogens (tertiary/aromatic N) is 1. The van der Waals surface area contributed by atoms with Crippen LogP contribution in [0.15, 0.2) is 71.8 Å². The molecular weight excluding hydrogens is 310 g/mol. The van der Waals surface area contributed by atoms with Crippen molar-refractivity contribution >= 4 is 33.4 Å². The molecule has 0 radical (unpaired) electrons. The quantitative estimate of drug-likeness (QED) is 0.409. The fourth-order valence-corrected chi connectivity index (χ4v) is 4.15. The van der Waals surface area contributed by atoms with Gasteiger partial charge in [0, 0.05) is 11.1 Å². The van der Waals surface area contributed by atoms with Crippen LogP contribution in [0, 0.1) is 13.8 Å². The predicted molar refractivity (Wildman–Crippen MR) is 105 cm³/mol. The first-order valence-electron chi connectivity index (χ1n) is 8.19. The molecule has 1 heterocycles. The fraction of sp³-hybridized carbons (Fsp3) is 0.136. The minimum Gasteiger partial charge on any atom is -0.241 e. The zero-order valence-electron chi connectivity index (χ0n) is 13.9. The molecule has 0 aliphatic carbocycles. The van der Waals surface area contributed by atoms with Crippen LogP contribution in [0.3, 0.4) is 0 Å². The summed E-state index contributed by atoms with van der Waals surface area (Å²) in [7, 11) is 0. The highest BCUT2D eigenvalue weighted by Gasteiger charge is 2.07. The lowest BCUT2D eigenvalue weighted by Gasteiger charge is -2.09. The number of pyridine rings is 1. The third kappa shape index (κ3) is 2.78. The van der Waals surface area contributed by atoms with Crippen LogP contribution >= 0.6 is 11.8 Å². The highest BCUT2D eigenvalue weighted by molar-refractivity contribution is 7.98. The van der Waals surface area contributed by atoms with Crippen molar-refractivity contribution in [3.8, 4) is 0 Å². The normalized spacial score (nSPS) is 11.2. The Morgan fingerprint density at radius 2 is 1.54 bits per heavy atom. The summed E-state index contributed by atoms with van der Waals surface area (Å²) >= 11 is 1.81. The van der Waals surface area contributed by atoms with Crippen LogP contribution in [-0.2, 0) is 5.75 Å². The lowest BCUT2D eigenvalue weighted by Crippen LogP contribution is -1.91. The van der Waals surface area contributed by atoms with Gasteiger partial charge in [-0.2, -0.15) is 0 Å². The van der Waals surface area contributed by atoms with Crippen LogP contribution in [0.4, 0.5) is 0 Å². The van der Waals surface area contributed by atoms with E-state index in [2.05, 4.69) is 80.6 Å². The largest absolute Gasteiger partial charge is 0.241 e. The Kier molecular flexibility index (Phi) is 3.99. The van der Waals surface area contributed by atoms with Crippen LogP contribution < -0.4 is 0 Å². The summed E-state index contributed by atoms with van der Waals surface area (Å²) in [6.45, 7) is 4.30. The first kappa shape index (κ1) is 15.2. The zero-order valence-corrected chi connectivity index (χ0v) is 14.7. The highest BCUT2D eigenvalue weighted by Crippen LogP contribution is 2.29. The molecule has 2 heteroatoms. The molecule has 0 saturated carbocycles. The van der Waals surface area contributed by atoms with Crippen molar-refractivity contribution < 1.29 is 0 Å². The fourth-order valence-electron chi connectivity index (χ4n) is 3.17. The van der Waals surface area contributed by atoms with Gasteiger partial charge < -0.3 is 0 Å². The molecule has 0 spiro atoms. The molecule has 0 saturated heterocycles. The summed E-state index contributed by atoms with van der Waals surface area (Å²) in [5, 5.41) is 4.99. The Morgan fingerprint density at radius 3 is 2.46 bits per heavy atom. The van der Waals surface area contributed by atoms with E-state index in [4.69, 9.17) is 4.98 Å². The first-order valence-corrected chi connectivity index (χ1v) is 9.17. The van der Waals surface area contributed by atoms with Crippen molar-refractivity contribution in [2.45, 2.75) is 24.6 Å². The SMILES string of the molecule is Cc1cc(SCc2cccc3ccccc23)nc2c(C)cccc12. The van der Waals surface area contributed by atoms with Crippen molar-refractivity contribution in [3.05, 3.63) is 83.4 Å².